The molecule has 0 aliphatic rings. The molecule has 100 valence electrons. The summed E-state index contributed by atoms with van der Waals surface area (Å²) >= 11 is 1.75. The van der Waals surface area contributed by atoms with Gasteiger partial charge in [0, 0.05) is 30.0 Å². The zero-order valence-corrected chi connectivity index (χ0v) is 11.3. The number of nitrogen functional groups attached to an aromatic ring is 1. The molecule has 1 heterocycles. The van der Waals surface area contributed by atoms with Gasteiger partial charge in [0.25, 0.3) is 0 Å². The van der Waals surface area contributed by atoms with E-state index in [0.29, 0.717) is 5.69 Å². The molecule has 0 atom stereocenters. The summed E-state index contributed by atoms with van der Waals surface area (Å²) in [5.74, 6) is -0.0356. The van der Waals surface area contributed by atoms with Crippen LogP contribution in [0.4, 0.5) is 5.69 Å². The summed E-state index contributed by atoms with van der Waals surface area (Å²) in [6, 6.07) is 6.36. The zero-order chi connectivity index (χ0) is 14.1. The van der Waals surface area contributed by atoms with Crippen molar-refractivity contribution in [3.05, 3.63) is 54.1 Å². The normalized spacial score (nSPS) is 9.32. The summed E-state index contributed by atoms with van der Waals surface area (Å²) in [6.45, 7) is 0. The molecule has 0 fully saturated rings. The SMILES string of the molecule is CSCc1cnccn1.Nc1ccccc1C(=O)O. The molecular weight excluding hydrogens is 262 g/mol. The van der Waals surface area contributed by atoms with E-state index in [2.05, 4.69) is 16.2 Å². The molecule has 0 aliphatic carbocycles. The van der Waals surface area contributed by atoms with Gasteiger partial charge >= 0.3 is 5.97 Å². The van der Waals surface area contributed by atoms with E-state index < -0.39 is 5.97 Å². The highest BCUT2D eigenvalue weighted by molar-refractivity contribution is 7.97. The number of carbonyl (C=O) groups is 1. The molecule has 0 aliphatic heterocycles. The first kappa shape index (κ1) is 15.0. The first-order chi connectivity index (χ1) is 9.15. The van der Waals surface area contributed by atoms with E-state index in [1.807, 2.05) is 0 Å². The number of rotatable bonds is 3. The van der Waals surface area contributed by atoms with Crippen LogP contribution in [0.2, 0.25) is 0 Å². The van der Waals surface area contributed by atoms with Crippen molar-refractivity contribution < 1.29 is 9.90 Å². The Kier molecular flexibility index (Phi) is 6.38. The number of aromatic nitrogens is 2. The molecule has 0 saturated heterocycles. The Labute approximate surface area is 115 Å². The van der Waals surface area contributed by atoms with Crippen LogP contribution < -0.4 is 5.73 Å². The summed E-state index contributed by atoms with van der Waals surface area (Å²) in [4.78, 5) is 18.4. The number of aromatic carboxylic acids is 1. The lowest BCUT2D eigenvalue weighted by atomic mass is 10.2. The van der Waals surface area contributed by atoms with Crippen molar-refractivity contribution in [2.24, 2.45) is 0 Å². The van der Waals surface area contributed by atoms with Crippen LogP contribution in [-0.4, -0.2) is 27.3 Å². The minimum Gasteiger partial charge on any atom is -0.478 e. The maximum absolute atomic E-state index is 10.3. The van der Waals surface area contributed by atoms with Gasteiger partial charge in [-0.25, -0.2) is 4.79 Å². The topological polar surface area (TPSA) is 89.1 Å². The van der Waals surface area contributed by atoms with Gasteiger partial charge in [0.15, 0.2) is 0 Å². The molecule has 1 aromatic carbocycles. The fourth-order valence-electron chi connectivity index (χ4n) is 1.24. The summed E-state index contributed by atoms with van der Waals surface area (Å²) < 4.78 is 0. The van der Waals surface area contributed by atoms with Crippen LogP contribution in [0.5, 0.6) is 0 Å². The molecule has 0 unspecified atom stereocenters. The van der Waals surface area contributed by atoms with Gasteiger partial charge in [-0.1, -0.05) is 12.1 Å². The molecule has 0 amide bonds. The highest BCUT2D eigenvalue weighted by Gasteiger charge is 2.03. The summed E-state index contributed by atoms with van der Waals surface area (Å²) in [5, 5.41) is 8.49. The van der Waals surface area contributed by atoms with E-state index in [1.54, 1.807) is 48.6 Å². The first-order valence-electron chi connectivity index (χ1n) is 5.46. The van der Waals surface area contributed by atoms with Gasteiger partial charge in [0.2, 0.25) is 0 Å². The molecule has 2 rings (SSSR count). The molecule has 0 spiro atoms. The molecule has 1 aromatic heterocycles. The lowest BCUT2D eigenvalue weighted by Gasteiger charge is -1.96. The van der Waals surface area contributed by atoms with Crippen LogP contribution in [0.15, 0.2) is 42.9 Å². The number of anilines is 1. The van der Waals surface area contributed by atoms with E-state index in [9.17, 15) is 4.79 Å². The molecule has 0 radical (unpaired) electrons. The van der Waals surface area contributed by atoms with Crippen molar-refractivity contribution in [3.8, 4) is 0 Å². The van der Waals surface area contributed by atoms with Crippen molar-refractivity contribution in [3.63, 3.8) is 0 Å². The van der Waals surface area contributed by atoms with Gasteiger partial charge in [-0.15, -0.1) is 0 Å². The Hall–Kier alpha value is -2.08. The second-order valence-corrected chi connectivity index (χ2v) is 4.39. The molecule has 3 N–H and O–H groups in total. The van der Waals surface area contributed by atoms with E-state index in [4.69, 9.17) is 10.8 Å². The average molecular weight is 277 g/mol. The minimum atomic E-state index is -0.988. The van der Waals surface area contributed by atoms with Crippen molar-refractivity contribution >= 4 is 23.4 Å². The number of nitrogens with two attached hydrogens (primary N) is 1. The largest absolute Gasteiger partial charge is 0.478 e. The fourth-order valence-corrected chi connectivity index (χ4v) is 1.69. The molecule has 5 nitrogen and oxygen atoms in total. The van der Waals surface area contributed by atoms with Crippen LogP contribution in [0.1, 0.15) is 16.1 Å². The maximum atomic E-state index is 10.3. The number of carboxylic acids is 1. The summed E-state index contributed by atoms with van der Waals surface area (Å²) in [5.41, 5.74) is 6.84. The number of hydrogen-bond donors (Lipinski definition) is 2. The van der Waals surface area contributed by atoms with Crippen LogP contribution >= 0.6 is 11.8 Å². The number of nitrogens with zero attached hydrogens (tertiary/aromatic N) is 2. The Morgan fingerprint density at radius 1 is 1.37 bits per heavy atom. The fraction of sp³-hybridized carbons (Fsp3) is 0.154. The lowest BCUT2D eigenvalue weighted by molar-refractivity contribution is 0.0698. The van der Waals surface area contributed by atoms with Crippen molar-refractivity contribution in [2.45, 2.75) is 5.75 Å². The highest BCUT2D eigenvalue weighted by Crippen LogP contribution is 2.09. The quantitative estimate of drug-likeness (QED) is 0.837. The van der Waals surface area contributed by atoms with E-state index >= 15 is 0 Å². The number of benzene rings is 1. The van der Waals surface area contributed by atoms with Crippen molar-refractivity contribution in [1.29, 1.82) is 0 Å². The number of carboxylic acid groups (broad SMARTS) is 1. The highest BCUT2D eigenvalue weighted by atomic mass is 32.2. The van der Waals surface area contributed by atoms with Crippen molar-refractivity contribution in [2.75, 3.05) is 12.0 Å². The van der Waals surface area contributed by atoms with Gasteiger partial charge in [-0.3, -0.25) is 9.97 Å². The number of thioether (sulfide) groups is 1. The van der Waals surface area contributed by atoms with E-state index in [0.717, 1.165) is 11.4 Å². The second kappa shape index (κ2) is 8.10. The lowest BCUT2D eigenvalue weighted by Crippen LogP contribution is -2.00. The van der Waals surface area contributed by atoms with Crippen molar-refractivity contribution in [1.82, 2.24) is 9.97 Å². The number of hydrogen-bond acceptors (Lipinski definition) is 5. The van der Waals surface area contributed by atoms with E-state index in [1.165, 1.54) is 6.07 Å². The van der Waals surface area contributed by atoms with Gasteiger partial charge in [0.05, 0.1) is 11.3 Å². The van der Waals surface area contributed by atoms with Crippen LogP contribution in [0, 0.1) is 0 Å². The Balaban J connectivity index is 0.000000191. The van der Waals surface area contributed by atoms with Crippen LogP contribution in [0.25, 0.3) is 0 Å². The third kappa shape index (κ3) is 5.39. The smallest absolute Gasteiger partial charge is 0.337 e. The van der Waals surface area contributed by atoms with Gasteiger partial charge in [-0.2, -0.15) is 11.8 Å². The molecule has 19 heavy (non-hydrogen) atoms. The summed E-state index contributed by atoms with van der Waals surface area (Å²) in [6.07, 6.45) is 7.24. The molecule has 0 bridgehead atoms. The van der Waals surface area contributed by atoms with Gasteiger partial charge in [0.1, 0.15) is 0 Å². The maximum Gasteiger partial charge on any atom is 0.337 e. The standard InChI is InChI=1S/C7H7NO2.C6H8N2S/c8-6-4-2-1-3-5(6)7(9)10;1-9-5-6-4-7-2-3-8-6/h1-4H,8H2,(H,9,10);2-4H,5H2,1H3. The van der Waals surface area contributed by atoms with E-state index in [-0.39, 0.29) is 5.56 Å². The third-order valence-electron chi connectivity index (χ3n) is 2.10. The Morgan fingerprint density at radius 3 is 2.58 bits per heavy atom. The zero-order valence-electron chi connectivity index (χ0n) is 10.5. The monoisotopic (exact) mass is 277 g/mol. The predicted molar refractivity (Wildman–Crippen MR) is 77.1 cm³/mol. The summed E-state index contributed by atoms with van der Waals surface area (Å²) in [7, 11) is 0. The Bertz CT molecular complexity index is 520. The third-order valence-corrected chi connectivity index (χ3v) is 2.68. The average Bonchev–Trinajstić information content (AvgIpc) is 2.41. The molecule has 6 heteroatoms. The van der Waals surface area contributed by atoms with Crippen LogP contribution in [-0.2, 0) is 5.75 Å². The van der Waals surface area contributed by atoms with Crippen LogP contribution in [0.3, 0.4) is 0 Å². The van der Waals surface area contributed by atoms with Gasteiger partial charge < -0.3 is 10.8 Å². The second-order valence-electron chi connectivity index (χ2n) is 3.52. The molecule has 0 saturated carbocycles. The minimum absolute atomic E-state index is 0.155. The van der Waals surface area contributed by atoms with Gasteiger partial charge in [-0.05, 0) is 18.4 Å². The Morgan fingerprint density at radius 2 is 2.11 bits per heavy atom. The number of para-hydroxylation sites is 1. The molecular formula is C13H15N3O2S. The molecule has 2 aromatic rings. The predicted octanol–water partition coefficient (Wildman–Crippen LogP) is 2.31. The first-order valence-corrected chi connectivity index (χ1v) is 6.86.